The van der Waals surface area contributed by atoms with Gasteiger partial charge in [-0.3, -0.25) is 4.79 Å². The molecule has 1 amide bonds. The van der Waals surface area contributed by atoms with Crippen molar-refractivity contribution < 1.29 is 14.7 Å². The highest BCUT2D eigenvalue weighted by atomic mass is 16.4. The first-order valence-corrected chi connectivity index (χ1v) is 14.9. The third-order valence-corrected chi connectivity index (χ3v) is 8.58. The molecule has 0 saturated carbocycles. The van der Waals surface area contributed by atoms with E-state index in [1.54, 1.807) is 18.2 Å². The summed E-state index contributed by atoms with van der Waals surface area (Å²) in [6, 6.07) is 44.1. The summed E-state index contributed by atoms with van der Waals surface area (Å²) in [6.07, 6.45) is 3.13. The zero-order valence-electron chi connectivity index (χ0n) is 24.1. The highest BCUT2D eigenvalue weighted by Crippen LogP contribution is 2.41. The van der Waals surface area contributed by atoms with Crippen LogP contribution in [0.1, 0.15) is 50.6 Å². The fraction of sp³-hybridized carbons (Fsp3) is 0.179. The molecular formula is C39H35NO3. The SMILES string of the molecule is O=C(O)c1cccc(-c2ccccc2CC(=O)N(Cc2ccccc2)[C@@H]2c3ccccc3CC[C@H]2Cc2ccccc2)c1. The van der Waals surface area contributed by atoms with E-state index < -0.39 is 5.97 Å². The van der Waals surface area contributed by atoms with Crippen LogP contribution in [0.25, 0.3) is 11.1 Å². The normalized spacial score (nSPS) is 15.8. The number of fused-ring (bicyclic) bond motifs is 1. The average Bonchev–Trinajstić information content (AvgIpc) is 3.05. The Morgan fingerprint density at radius 3 is 2.16 bits per heavy atom. The molecule has 0 aliphatic heterocycles. The Morgan fingerprint density at radius 2 is 1.40 bits per heavy atom. The van der Waals surface area contributed by atoms with Gasteiger partial charge in [0, 0.05) is 6.54 Å². The molecule has 0 fully saturated rings. The maximum Gasteiger partial charge on any atom is 0.335 e. The standard InChI is InChI=1S/C39H35NO3/c41-37(26-32-17-8-9-20-35(32)31-18-11-19-34(25-31)39(42)43)40(27-29-14-5-2-6-15-29)38-33(24-28-12-3-1-4-13-28)23-22-30-16-7-10-21-36(30)38/h1-21,25,33,38H,22-24,26-27H2,(H,42,43)/t33-,38-/m0/s1. The van der Waals surface area contributed by atoms with Gasteiger partial charge in [0.1, 0.15) is 0 Å². The van der Waals surface area contributed by atoms with Crippen LogP contribution in [0.15, 0.2) is 133 Å². The van der Waals surface area contributed by atoms with E-state index in [2.05, 4.69) is 65.6 Å². The van der Waals surface area contributed by atoms with Gasteiger partial charge >= 0.3 is 5.97 Å². The van der Waals surface area contributed by atoms with Gasteiger partial charge in [-0.2, -0.15) is 0 Å². The molecule has 214 valence electrons. The highest BCUT2D eigenvalue weighted by molar-refractivity contribution is 5.90. The summed E-state index contributed by atoms with van der Waals surface area (Å²) in [5.41, 5.74) is 7.72. The Hall–Kier alpha value is -4.96. The van der Waals surface area contributed by atoms with E-state index in [-0.39, 0.29) is 29.9 Å². The van der Waals surface area contributed by atoms with Gasteiger partial charge in [-0.15, -0.1) is 0 Å². The molecule has 1 N–H and O–H groups in total. The fourth-order valence-corrected chi connectivity index (χ4v) is 6.52. The van der Waals surface area contributed by atoms with Crippen LogP contribution >= 0.6 is 0 Å². The number of nitrogens with zero attached hydrogens (tertiary/aromatic N) is 1. The third kappa shape index (κ3) is 6.44. The van der Waals surface area contributed by atoms with Crippen molar-refractivity contribution in [1.82, 2.24) is 4.90 Å². The lowest BCUT2D eigenvalue weighted by Gasteiger charge is -2.42. The molecule has 5 aromatic rings. The maximum absolute atomic E-state index is 14.6. The van der Waals surface area contributed by atoms with Crippen LogP contribution in [0.5, 0.6) is 0 Å². The molecule has 2 atom stereocenters. The first-order chi connectivity index (χ1) is 21.1. The van der Waals surface area contributed by atoms with E-state index in [4.69, 9.17) is 0 Å². The van der Waals surface area contributed by atoms with Gasteiger partial charge in [0.15, 0.2) is 0 Å². The lowest BCUT2D eigenvalue weighted by molar-refractivity contribution is -0.135. The van der Waals surface area contributed by atoms with Gasteiger partial charge in [0.25, 0.3) is 0 Å². The lowest BCUT2D eigenvalue weighted by atomic mass is 9.76. The Labute approximate surface area is 253 Å². The Bertz CT molecular complexity index is 1710. The number of hydrogen-bond acceptors (Lipinski definition) is 2. The second kappa shape index (κ2) is 12.9. The molecule has 1 aliphatic carbocycles. The molecular weight excluding hydrogens is 530 g/mol. The fourth-order valence-electron chi connectivity index (χ4n) is 6.52. The van der Waals surface area contributed by atoms with E-state index in [1.807, 2.05) is 54.6 Å². The summed E-state index contributed by atoms with van der Waals surface area (Å²) in [6.45, 7) is 0.515. The molecule has 0 radical (unpaired) electrons. The third-order valence-electron chi connectivity index (χ3n) is 8.58. The number of rotatable bonds is 9. The lowest BCUT2D eigenvalue weighted by Crippen LogP contribution is -2.42. The van der Waals surface area contributed by atoms with Gasteiger partial charge in [0.05, 0.1) is 18.0 Å². The van der Waals surface area contributed by atoms with Gasteiger partial charge < -0.3 is 10.0 Å². The predicted molar refractivity (Wildman–Crippen MR) is 171 cm³/mol. The largest absolute Gasteiger partial charge is 0.478 e. The van der Waals surface area contributed by atoms with Crippen LogP contribution in [0.3, 0.4) is 0 Å². The second-order valence-corrected chi connectivity index (χ2v) is 11.4. The molecule has 4 nitrogen and oxygen atoms in total. The zero-order chi connectivity index (χ0) is 29.6. The molecule has 0 bridgehead atoms. The van der Waals surface area contributed by atoms with E-state index in [9.17, 15) is 14.7 Å². The number of benzene rings is 5. The molecule has 0 saturated heterocycles. The van der Waals surface area contributed by atoms with Crippen molar-refractivity contribution in [1.29, 1.82) is 0 Å². The van der Waals surface area contributed by atoms with Gasteiger partial charge in [-0.1, -0.05) is 121 Å². The number of amides is 1. The summed E-state index contributed by atoms with van der Waals surface area (Å²) >= 11 is 0. The zero-order valence-corrected chi connectivity index (χ0v) is 24.1. The molecule has 0 spiro atoms. The van der Waals surface area contributed by atoms with Crippen molar-refractivity contribution in [2.45, 2.75) is 38.3 Å². The summed E-state index contributed by atoms with van der Waals surface area (Å²) in [5.74, 6) is -0.636. The van der Waals surface area contributed by atoms with Crippen molar-refractivity contribution in [2.75, 3.05) is 0 Å². The molecule has 0 unspecified atom stereocenters. The molecule has 0 heterocycles. The number of carbonyl (C=O) groups excluding carboxylic acids is 1. The van der Waals surface area contributed by atoms with Gasteiger partial charge in [-0.05, 0) is 76.3 Å². The van der Waals surface area contributed by atoms with Crippen molar-refractivity contribution in [2.24, 2.45) is 5.92 Å². The van der Waals surface area contributed by atoms with Gasteiger partial charge in [0.2, 0.25) is 5.91 Å². The predicted octanol–water partition coefficient (Wildman–Crippen LogP) is 8.17. The summed E-state index contributed by atoms with van der Waals surface area (Å²) in [5, 5.41) is 9.58. The van der Waals surface area contributed by atoms with Crippen LogP contribution in [0.4, 0.5) is 0 Å². The summed E-state index contributed by atoms with van der Waals surface area (Å²) < 4.78 is 0. The van der Waals surface area contributed by atoms with Crippen LogP contribution in [0.2, 0.25) is 0 Å². The topological polar surface area (TPSA) is 57.6 Å². The minimum absolute atomic E-state index is 0.0606. The molecule has 6 rings (SSSR count). The van der Waals surface area contributed by atoms with Gasteiger partial charge in [-0.25, -0.2) is 4.79 Å². The van der Waals surface area contributed by atoms with E-state index in [0.29, 0.717) is 6.54 Å². The van der Waals surface area contributed by atoms with Crippen molar-refractivity contribution in [3.05, 3.63) is 167 Å². The minimum atomic E-state index is -0.968. The van der Waals surface area contributed by atoms with Crippen LogP contribution < -0.4 is 0 Å². The van der Waals surface area contributed by atoms with Crippen molar-refractivity contribution >= 4 is 11.9 Å². The van der Waals surface area contributed by atoms with Crippen LogP contribution in [0, 0.1) is 5.92 Å². The summed E-state index contributed by atoms with van der Waals surface area (Å²) in [7, 11) is 0. The van der Waals surface area contributed by atoms with Crippen molar-refractivity contribution in [3.63, 3.8) is 0 Å². The van der Waals surface area contributed by atoms with Crippen LogP contribution in [-0.4, -0.2) is 21.9 Å². The first kappa shape index (κ1) is 28.2. The second-order valence-electron chi connectivity index (χ2n) is 11.4. The van der Waals surface area contributed by atoms with E-state index in [0.717, 1.165) is 41.5 Å². The number of aryl methyl sites for hydroxylation is 1. The average molecular weight is 566 g/mol. The van der Waals surface area contributed by atoms with Crippen LogP contribution in [-0.2, 0) is 30.6 Å². The Morgan fingerprint density at radius 1 is 0.721 bits per heavy atom. The smallest absolute Gasteiger partial charge is 0.335 e. The Balaban J connectivity index is 1.40. The summed E-state index contributed by atoms with van der Waals surface area (Å²) in [4.78, 5) is 28.4. The molecule has 0 aromatic heterocycles. The minimum Gasteiger partial charge on any atom is -0.478 e. The number of carbonyl (C=O) groups is 2. The maximum atomic E-state index is 14.6. The highest BCUT2D eigenvalue weighted by Gasteiger charge is 2.36. The van der Waals surface area contributed by atoms with Crippen molar-refractivity contribution in [3.8, 4) is 11.1 Å². The molecule has 5 aromatic carbocycles. The van der Waals surface area contributed by atoms with E-state index >= 15 is 0 Å². The number of aromatic carboxylic acids is 1. The Kier molecular flexibility index (Phi) is 8.46. The van der Waals surface area contributed by atoms with E-state index in [1.165, 1.54) is 16.7 Å². The number of carboxylic acid groups (broad SMARTS) is 1. The quantitative estimate of drug-likeness (QED) is 0.196. The first-order valence-electron chi connectivity index (χ1n) is 14.9. The molecule has 43 heavy (non-hydrogen) atoms. The molecule has 4 heteroatoms. The number of carboxylic acids is 1. The monoisotopic (exact) mass is 565 g/mol. The molecule has 1 aliphatic rings. The number of hydrogen-bond donors (Lipinski definition) is 1.